The molecule has 0 saturated heterocycles. The molecule has 2 aromatic carbocycles. The second kappa shape index (κ2) is 8.26. The Kier molecular flexibility index (Phi) is 5.59. The van der Waals surface area contributed by atoms with E-state index in [0.29, 0.717) is 5.75 Å². The van der Waals surface area contributed by atoms with Crippen LogP contribution >= 0.6 is 11.3 Å². The standard InChI is InChI=1S/C20H18N2O2S/c1-15-11-12-25-19(15)13-21-22-20(23)14-24-18-10-6-5-9-17(18)16-7-3-2-4-8-16/h2-13H,14H2,1H3,(H,22,23)/b21-13-. The summed E-state index contributed by atoms with van der Waals surface area (Å²) >= 11 is 1.58. The number of aryl methyl sites for hydroxylation is 1. The van der Waals surface area contributed by atoms with Gasteiger partial charge in [0.05, 0.1) is 6.21 Å². The Labute approximate surface area is 150 Å². The van der Waals surface area contributed by atoms with E-state index in [1.807, 2.05) is 73.0 Å². The lowest BCUT2D eigenvalue weighted by atomic mass is 10.1. The normalized spacial score (nSPS) is 10.8. The van der Waals surface area contributed by atoms with E-state index in [1.54, 1.807) is 17.6 Å². The SMILES string of the molecule is Cc1ccsc1/C=N\NC(=O)COc1ccccc1-c1ccccc1. The van der Waals surface area contributed by atoms with Gasteiger partial charge in [-0.2, -0.15) is 5.10 Å². The first-order valence-electron chi connectivity index (χ1n) is 7.87. The van der Waals surface area contributed by atoms with Gasteiger partial charge in [-0.15, -0.1) is 11.3 Å². The number of nitrogens with zero attached hydrogens (tertiary/aromatic N) is 1. The zero-order valence-electron chi connectivity index (χ0n) is 13.8. The Morgan fingerprint density at radius 2 is 1.88 bits per heavy atom. The molecule has 1 N–H and O–H groups in total. The molecule has 0 aliphatic heterocycles. The van der Waals surface area contributed by atoms with Crippen LogP contribution in [0.2, 0.25) is 0 Å². The molecule has 1 heterocycles. The van der Waals surface area contributed by atoms with Crippen LogP contribution in [0.5, 0.6) is 5.75 Å². The lowest BCUT2D eigenvalue weighted by Crippen LogP contribution is -2.24. The highest BCUT2D eigenvalue weighted by Gasteiger charge is 2.07. The van der Waals surface area contributed by atoms with E-state index < -0.39 is 0 Å². The Hall–Kier alpha value is -2.92. The molecule has 3 aromatic rings. The number of para-hydroxylation sites is 1. The van der Waals surface area contributed by atoms with Crippen molar-refractivity contribution < 1.29 is 9.53 Å². The Balaban J connectivity index is 1.59. The van der Waals surface area contributed by atoms with Gasteiger partial charge < -0.3 is 4.74 Å². The minimum atomic E-state index is -0.298. The second-order valence-corrected chi connectivity index (χ2v) is 6.36. The topological polar surface area (TPSA) is 50.7 Å². The van der Waals surface area contributed by atoms with Gasteiger partial charge in [0.15, 0.2) is 6.61 Å². The summed E-state index contributed by atoms with van der Waals surface area (Å²) in [6.45, 7) is 1.91. The summed E-state index contributed by atoms with van der Waals surface area (Å²) in [6, 6.07) is 19.6. The largest absolute Gasteiger partial charge is 0.483 e. The maximum Gasteiger partial charge on any atom is 0.277 e. The molecular formula is C20H18N2O2S. The van der Waals surface area contributed by atoms with Crippen LogP contribution in [0.25, 0.3) is 11.1 Å². The van der Waals surface area contributed by atoms with Gasteiger partial charge in [-0.25, -0.2) is 5.43 Å². The van der Waals surface area contributed by atoms with E-state index in [1.165, 1.54) is 0 Å². The molecule has 0 atom stereocenters. The smallest absolute Gasteiger partial charge is 0.277 e. The van der Waals surface area contributed by atoms with Crippen LogP contribution in [0.3, 0.4) is 0 Å². The van der Waals surface area contributed by atoms with Gasteiger partial charge in [-0.05, 0) is 35.6 Å². The maximum absolute atomic E-state index is 11.9. The third kappa shape index (κ3) is 4.55. The van der Waals surface area contributed by atoms with E-state index in [4.69, 9.17) is 4.74 Å². The highest BCUT2D eigenvalue weighted by atomic mass is 32.1. The van der Waals surface area contributed by atoms with Gasteiger partial charge >= 0.3 is 0 Å². The van der Waals surface area contributed by atoms with Gasteiger partial charge in [-0.1, -0.05) is 48.5 Å². The molecule has 0 unspecified atom stereocenters. The molecule has 1 amide bonds. The monoisotopic (exact) mass is 350 g/mol. The summed E-state index contributed by atoms with van der Waals surface area (Å²) in [4.78, 5) is 13.0. The molecule has 0 aliphatic rings. The summed E-state index contributed by atoms with van der Waals surface area (Å²) in [6.07, 6.45) is 1.65. The molecule has 0 spiro atoms. The molecule has 0 radical (unpaired) electrons. The average molecular weight is 350 g/mol. The van der Waals surface area contributed by atoms with Gasteiger partial charge in [0, 0.05) is 10.4 Å². The van der Waals surface area contributed by atoms with Crippen molar-refractivity contribution in [3.05, 3.63) is 76.5 Å². The fourth-order valence-corrected chi connectivity index (χ4v) is 3.09. The van der Waals surface area contributed by atoms with Crippen molar-refractivity contribution in [2.75, 3.05) is 6.61 Å². The summed E-state index contributed by atoms with van der Waals surface area (Å²) in [7, 11) is 0. The minimum Gasteiger partial charge on any atom is -0.483 e. The number of hydrogen-bond donors (Lipinski definition) is 1. The minimum absolute atomic E-state index is 0.0926. The molecule has 5 heteroatoms. The Morgan fingerprint density at radius 1 is 1.12 bits per heavy atom. The van der Waals surface area contributed by atoms with Crippen molar-refractivity contribution in [3.8, 4) is 16.9 Å². The number of carbonyl (C=O) groups excluding carboxylic acids is 1. The highest BCUT2D eigenvalue weighted by Crippen LogP contribution is 2.29. The third-order valence-electron chi connectivity index (χ3n) is 3.60. The zero-order valence-corrected chi connectivity index (χ0v) is 14.6. The molecule has 126 valence electrons. The van der Waals surface area contributed by atoms with Crippen molar-refractivity contribution >= 4 is 23.5 Å². The number of hydrazone groups is 1. The van der Waals surface area contributed by atoms with Crippen molar-refractivity contribution in [1.29, 1.82) is 0 Å². The molecule has 1 aromatic heterocycles. The van der Waals surface area contributed by atoms with Crippen LogP contribution in [0.1, 0.15) is 10.4 Å². The van der Waals surface area contributed by atoms with Crippen molar-refractivity contribution in [2.24, 2.45) is 5.10 Å². The number of nitrogens with one attached hydrogen (secondary N) is 1. The number of ether oxygens (including phenoxy) is 1. The van der Waals surface area contributed by atoms with E-state index in [2.05, 4.69) is 10.5 Å². The van der Waals surface area contributed by atoms with Gasteiger partial charge in [0.1, 0.15) is 5.75 Å². The van der Waals surface area contributed by atoms with Crippen molar-refractivity contribution in [3.63, 3.8) is 0 Å². The predicted octanol–water partition coefficient (Wildman–Crippen LogP) is 4.25. The first kappa shape index (κ1) is 16.9. The molecular weight excluding hydrogens is 332 g/mol. The number of rotatable bonds is 6. The van der Waals surface area contributed by atoms with Crippen molar-refractivity contribution in [2.45, 2.75) is 6.92 Å². The maximum atomic E-state index is 11.9. The number of thiophene rings is 1. The molecule has 25 heavy (non-hydrogen) atoms. The van der Waals surface area contributed by atoms with Crippen LogP contribution < -0.4 is 10.2 Å². The lowest BCUT2D eigenvalue weighted by molar-refractivity contribution is -0.123. The number of carbonyl (C=O) groups is 1. The zero-order chi connectivity index (χ0) is 17.5. The van der Waals surface area contributed by atoms with Crippen LogP contribution in [0.4, 0.5) is 0 Å². The summed E-state index contributed by atoms with van der Waals surface area (Å²) < 4.78 is 5.68. The van der Waals surface area contributed by atoms with E-state index in [0.717, 1.165) is 21.6 Å². The number of benzene rings is 2. The van der Waals surface area contributed by atoms with Crippen LogP contribution in [-0.4, -0.2) is 18.7 Å². The quantitative estimate of drug-likeness (QED) is 0.534. The second-order valence-electron chi connectivity index (χ2n) is 5.41. The van der Waals surface area contributed by atoms with Gasteiger partial charge in [-0.3, -0.25) is 4.79 Å². The fourth-order valence-electron chi connectivity index (χ4n) is 2.30. The first-order chi connectivity index (χ1) is 12.2. The molecule has 0 aliphatic carbocycles. The first-order valence-corrected chi connectivity index (χ1v) is 8.75. The third-order valence-corrected chi connectivity index (χ3v) is 4.56. The average Bonchev–Trinajstić information content (AvgIpc) is 3.06. The molecule has 4 nitrogen and oxygen atoms in total. The van der Waals surface area contributed by atoms with Crippen LogP contribution in [0, 0.1) is 6.92 Å². The molecule has 0 bridgehead atoms. The number of hydrogen-bond acceptors (Lipinski definition) is 4. The Morgan fingerprint density at radius 3 is 2.64 bits per heavy atom. The summed E-state index contributed by atoms with van der Waals surface area (Å²) in [5, 5.41) is 5.96. The van der Waals surface area contributed by atoms with Gasteiger partial charge in [0.25, 0.3) is 5.91 Å². The highest BCUT2D eigenvalue weighted by molar-refractivity contribution is 7.11. The van der Waals surface area contributed by atoms with Gasteiger partial charge in [0.2, 0.25) is 0 Å². The fraction of sp³-hybridized carbons (Fsp3) is 0.100. The lowest BCUT2D eigenvalue weighted by Gasteiger charge is -2.10. The molecule has 3 rings (SSSR count). The summed E-state index contributed by atoms with van der Waals surface area (Å²) in [5.41, 5.74) is 5.62. The summed E-state index contributed by atoms with van der Waals surface area (Å²) in [5.74, 6) is 0.371. The van der Waals surface area contributed by atoms with E-state index in [9.17, 15) is 4.79 Å². The van der Waals surface area contributed by atoms with E-state index in [-0.39, 0.29) is 12.5 Å². The molecule has 0 saturated carbocycles. The van der Waals surface area contributed by atoms with Crippen LogP contribution in [0.15, 0.2) is 71.1 Å². The number of amides is 1. The predicted molar refractivity (Wildman–Crippen MR) is 102 cm³/mol. The molecule has 0 fully saturated rings. The van der Waals surface area contributed by atoms with Crippen LogP contribution in [-0.2, 0) is 4.79 Å². The van der Waals surface area contributed by atoms with Crippen molar-refractivity contribution in [1.82, 2.24) is 5.43 Å². The van der Waals surface area contributed by atoms with E-state index >= 15 is 0 Å². The Bertz CT molecular complexity index is 872.